The minimum atomic E-state index is -0.217. The Balaban J connectivity index is 1.23. The van der Waals surface area contributed by atoms with Gasteiger partial charge >= 0.3 is 0 Å². The molecule has 0 atom stereocenters. The topological polar surface area (TPSA) is 75.2 Å². The molecule has 0 spiro atoms. The van der Waals surface area contributed by atoms with E-state index in [4.69, 9.17) is 0 Å². The molecule has 4 aromatic rings. The van der Waals surface area contributed by atoms with Crippen molar-refractivity contribution in [3.8, 4) is 0 Å². The number of thiazole rings is 2. The zero-order valence-electron chi connectivity index (χ0n) is 16.8. The first kappa shape index (κ1) is 20.9. The number of para-hydroxylation sites is 2. The van der Waals surface area contributed by atoms with Crippen molar-refractivity contribution in [3.05, 3.63) is 70.7 Å². The van der Waals surface area contributed by atoms with E-state index in [1.165, 1.54) is 34.8 Å². The van der Waals surface area contributed by atoms with Crippen molar-refractivity contribution in [1.82, 2.24) is 20.2 Å². The van der Waals surface area contributed by atoms with E-state index >= 15 is 0 Å². The number of likely N-dealkylation sites (N-methyl/N-ethyl adjacent to an activating group) is 1. The molecule has 0 aliphatic rings. The van der Waals surface area contributed by atoms with Gasteiger partial charge in [0.25, 0.3) is 0 Å². The number of carbonyl (C=O) groups is 2. The standard InChI is InChI=1S/C23H20N4O2S2/c1-27(23(29)13-12-22-26-17-7-3-5-9-19(17)31-22)15-14-24-20(28)10-11-21-25-16-6-2-4-8-18(16)30-21/h2-13H,14-15H2,1H3,(H,24,28)/b11-10+,13-12+. The van der Waals surface area contributed by atoms with Crippen LogP contribution in [0.25, 0.3) is 32.6 Å². The third-order valence-electron chi connectivity index (χ3n) is 4.49. The summed E-state index contributed by atoms with van der Waals surface area (Å²) in [4.78, 5) is 34.8. The number of nitrogens with one attached hydrogen (secondary N) is 1. The lowest BCUT2D eigenvalue weighted by Crippen LogP contribution is -2.34. The molecule has 31 heavy (non-hydrogen) atoms. The zero-order valence-corrected chi connectivity index (χ0v) is 18.5. The molecule has 0 saturated heterocycles. The minimum absolute atomic E-state index is 0.140. The molecule has 156 valence electrons. The second-order valence-electron chi connectivity index (χ2n) is 6.76. The number of amides is 2. The summed E-state index contributed by atoms with van der Waals surface area (Å²) in [6.45, 7) is 0.768. The van der Waals surface area contributed by atoms with Gasteiger partial charge in [-0.05, 0) is 36.4 Å². The molecule has 2 amide bonds. The molecule has 4 rings (SSSR count). The van der Waals surface area contributed by atoms with Crippen LogP contribution in [-0.2, 0) is 9.59 Å². The van der Waals surface area contributed by atoms with E-state index in [0.717, 1.165) is 30.4 Å². The molecule has 2 aromatic heterocycles. The summed E-state index contributed by atoms with van der Waals surface area (Å²) in [7, 11) is 1.70. The highest BCUT2D eigenvalue weighted by Gasteiger charge is 2.07. The Kier molecular flexibility index (Phi) is 6.49. The summed E-state index contributed by atoms with van der Waals surface area (Å²) in [5.41, 5.74) is 1.85. The normalized spacial score (nSPS) is 11.6. The van der Waals surface area contributed by atoms with Crippen molar-refractivity contribution in [3.63, 3.8) is 0 Å². The first-order valence-electron chi connectivity index (χ1n) is 9.69. The van der Waals surface area contributed by atoms with Crippen molar-refractivity contribution in [1.29, 1.82) is 0 Å². The van der Waals surface area contributed by atoms with E-state index in [-0.39, 0.29) is 11.8 Å². The Bertz CT molecular complexity index is 1220. The van der Waals surface area contributed by atoms with E-state index in [0.29, 0.717) is 13.1 Å². The number of rotatable bonds is 7. The molecule has 0 radical (unpaired) electrons. The smallest absolute Gasteiger partial charge is 0.246 e. The second kappa shape index (κ2) is 9.63. The fourth-order valence-electron chi connectivity index (χ4n) is 2.86. The molecular formula is C23H20N4O2S2. The number of carbonyl (C=O) groups excluding carboxylic acids is 2. The summed E-state index contributed by atoms with van der Waals surface area (Å²) in [6, 6.07) is 15.7. The molecule has 2 aromatic carbocycles. The van der Waals surface area contributed by atoms with Gasteiger partial charge in [0.05, 0.1) is 20.4 Å². The van der Waals surface area contributed by atoms with Crippen LogP contribution >= 0.6 is 22.7 Å². The number of aromatic nitrogens is 2. The van der Waals surface area contributed by atoms with E-state index in [1.54, 1.807) is 24.1 Å². The third-order valence-corrected chi connectivity index (χ3v) is 6.49. The highest BCUT2D eigenvalue weighted by atomic mass is 32.1. The average molecular weight is 449 g/mol. The molecule has 6 nitrogen and oxygen atoms in total. The molecule has 0 saturated carbocycles. The van der Waals surface area contributed by atoms with Gasteiger partial charge in [-0.3, -0.25) is 9.59 Å². The van der Waals surface area contributed by atoms with Gasteiger partial charge in [-0.2, -0.15) is 0 Å². The molecule has 0 aliphatic carbocycles. The van der Waals surface area contributed by atoms with Crippen molar-refractivity contribution in [2.75, 3.05) is 20.1 Å². The predicted octanol–water partition coefficient (Wildman–Crippen LogP) is 4.21. The summed E-state index contributed by atoms with van der Waals surface area (Å²) < 4.78 is 2.17. The average Bonchev–Trinajstić information content (AvgIpc) is 3.39. The zero-order chi connectivity index (χ0) is 21.6. The molecule has 1 N–H and O–H groups in total. The SMILES string of the molecule is CN(CCNC(=O)/C=C/c1nc2ccccc2s1)C(=O)/C=C/c1nc2ccccc2s1. The summed E-state index contributed by atoms with van der Waals surface area (Å²) in [5.74, 6) is -0.358. The maximum atomic E-state index is 12.3. The van der Waals surface area contributed by atoms with E-state index in [9.17, 15) is 9.59 Å². The quantitative estimate of drug-likeness (QED) is 0.430. The lowest BCUT2D eigenvalue weighted by molar-refractivity contribution is -0.125. The molecule has 0 fully saturated rings. The van der Waals surface area contributed by atoms with Gasteiger partial charge in [-0.1, -0.05) is 24.3 Å². The molecule has 0 unspecified atom stereocenters. The minimum Gasteiger partial charge on any atom is -0.351 e. The van der Waals surface area contributed by atoms with Crippen molar-refractivity contribution in [2.45, 2.75) is 0 Å². The van der Waals surface area contributed by atoms with Crippen LogP contribution in [0.1, 0.15) is 10.0 Å². The Morgan fingerprint density at radius 1 is 0.903 bits per heavy atom. The molecule has 8 heteroatoms. The van der Waals surface area contributed by atoms with Crippen molar-refractivity contribution < 1.29 is 9.59 Å². The number of nitrogens with zero attached hydrogens (tertiary/aromatic N) is 3. The monoisotopic (exact) mass is 448 g/mol. The van der Waals surface area contributed by atoms with Crippen LogP contribution in [0, 0.1) is 0 Å². The Hall–Kier alpha value is -3.36. The predicted molar refractivity (Wildman–Crippen MR) is 128 cm³/mol. The summed E-state index contributed by atoms with van der Waals surface area (Å²) in [5, 5.41) is 4.36. The Labute approximate surface area is 187 Å². The largest absolute Gasteiger partial charge is 0.351 e. The molecular weight excluding hydrogens is 428 g/mol. The van der Waals surface area contributed by atoms with Crippen LogP contribution in [0.2, 0.25) is 0 Å². The Morgan fingerprint density at radius 2 is 1.45 bits per heavy atom. The van der Waals surface area contributed by atoms with Crippen LogP contribution < -0.4 is 5.32 Å². The molecule has 0 aliphatic heterocycles. The van der Waals surface area contributed by atoms with Gasteiger partial charge in [-0.15, -0.1) is 22.7 Å². The number of hydrogen-bond donors (Lipinski definition) is 1. The van der Waals surface area contributed by atoms with Gasteiger partial charge < -0.3 is 10.2 Å². The van der Waals surface area contributed by atoms with Crippen LogP contribution in [0.5, 0.6) is 0 Å². The lowest BCUT2D eigenvalue weighted by Gasteiger charge is -2.14. The van der Waals surface area contributed by atoms with Crippen LogP contribution in [-0.4, -0.2) is 46.8 Å². The van der Waals surface area contributed by atoms with Crippen molar-refractivity contribution >= 4 is 67.1 Å². The maximum Gasteiger partial charge on any atom is 0.246 e. The van der Waals surface area contributed by atoms with Crippen molar-refractivity contribution in [2.24, 2.45) is 0 Å². The highest BCUT2D eigenvalue weighted by Crippen LogP contribution is 2.23. The lowest BCUT2D eigenvalue weighted by atomic mass is 10.3. The van der Waals surface area contributed by atoms with Gasteiger partial charge in [0.2, 0.25) is 11.8 Å². The summed E-state index contributed by atoms with van der Waals surface area (Å²) >= 11 is 3.07. The van der Waals surface area contributed by atoms with E-state index in [2.05, 4.69) is 15.3 Å². The highest BCUT2D eigenvalue weighted by molar-refractivity contribution is 7.19. The number of benzene rings is 2. The van der Waals surface area contributed by atoms with E-state index < -0.39 is 0 Å². The molecule has 2 heterocycles. The summed E-state index contributed by atoms with van der Waals surface area (Å²) in [6.07, 6.45) is 6.40. The number of hydrogen-bond acceptors (Lipinski definition) is 6. The number of fused-ring (bicyclic) bond motifs is 2. The van der Waals surface area contributed by atoms with E-state index in [1.807, 2.05) is 48.5 Å². The van der Waals surface area contributed by atoms with Gasteiger partial charge in [0.1, 0.15) is 10.0 Å². The van der Waals surface area contributed by atoms with Gasteiger partial charge in [0, 0.05) is 32.3 Å². The second-order valence-corrected chi connectivity index (χ2v) is 8.88. The molecule has 0 bridgehead atoms. The fraction of sp³-hybridized carbons (Fsp3) is 0.130. The van der Waals surface area contributed by atoms with Gasteiger partial charge in [0.15, 0.2) is 0 Å². The fourth-order valence-corrected chi connectivity index (χ4v) is 4.60. The van der Waals surface area contributed by atoms with Crippen LogP contribution in [0.3, 0.4) is 0 Å². The third kappa shape index (κ3) is 5.42. The Morgan fingerprint density at radius 3 is 2.03 bits per heavy atom. The first-order chi connectivity index (χ1) is 15.1. The first-order valence-corrected chi connectivity index (χ1v) is 11.3. The van der Waals surface area contributed by atoms with Crippen LogP contribution in [0.15, 0.2) is 60.7 Å². The maximum absolute atomic E-state index is 12.3. The van der Waals surface area contributed by atoms with Gasteiger partial charge in [-0.25, -0.2) is 9.97 Å². The van der Waals surface area contributed by atoms with Crippen LogP contribution in [0.4, 0.5) is 0 Å².